The molecule has 0 saturated heterocycles. The molecule has 0 saturated carbocycles. The van der Waals surface area contributed by atoms with E-state index in [2.05, 4.69) is 58.9 Å². The zero-order valence-corrected chi connectivity index (χ0v) is 20.4. The Kier molecular flexibility index (Phi) is 9.93. The number of carbonyl (C=O) groups is 1. The van der Waals surface area contributed by atoms with Crippen molar-refractivity contribution in [1.82, 2.24) is 15.5 Å². The average Bonchev–Trinajstić information content (AvgIpc) is 3.20. The summed E-state index contributed by atoms with van der Waals surface area (Å²) in [6.45, 7) is 5.25. The molecule has 0 bridgehead atoms. The van der Waals surface area contributed by atoms with E-state index < -0.39 is 0 Å². The standard InChI is InChI=1S/C22H30N4OS.HI/c1-3-19-10-11-20(28-19)15-25-22(23-2)24-13-6-9-21(27)26-14-12-17-7-4-5-8-18(17)16-26;/h4-5,7-8,10-11H,3,6,9,12-16H2,1-2H3,(H2,23,24,25);1H. The summed E-state index contributed by atoms with van der Waals surface area (Å²) in [5.74, 6) is 1.02. The van der Waals surface area contributed by atoms with E-state index in [9.17, 15) is 4.79 Å². The summed E-state index contributed by atoms with van der Waals surface area (Å²) in [6.07, 6.45) is 3.40. The Balaban J connectivity index is 0.00000300. The number of aliphatic imine (C=N–C) groups is 1. The minimum absolute atomic E-state index is 0. The Bertz CT molecular complexity index is 821. The van der Waals surface area contributed by atoms with Crippen molar-refractivity contribution in [3.8, 4) is 0 Å². The van der Waals surface area contributed by atoms with Gasteiger partial charge in [0.2, 0.25) is 5.91 Å². The second kappa shape index (κ2) is 12.2. The van der Waals surface area contributed by atoms with Crippen LogP contribution in [-0.2, 0) is 30.7 Å². The molecule has 0 spiro atoms. The van der Waals surface area contributed by atoms with Gasteiger partial charge in [0.1, 0.15) is 0 Å². The highest BCUT2D eigenvalue weighted by molar-refractivity contribution is 14.0. The summed E-state index contributed by atoms with van der Waals surface area (Å²) >= 11 is 1.83. The summed E-state index contributed by atoms with van der Waals surface area (Å²) < 4.78 is 0. The molecule has 5 nitrogen and oxygen atoms in total. The fourth-order valence-corrected chi connectivity index (χ4v) is 4.31. The summed E-state index contributed by atoms with van der Waals surface area (Å²) in [5.41, 5.74) is 2.66. The third-order valence-electron chi connectivity index (χ3n) is 5.06. The van der Waals surface area contributed by atoms with Crippen LogP contribution in [0, 0.1) is 0 Å². The molecule has 0 unspecified atom stereocenters. The molecule has 1 aliphatic heterocycles. The maximum atomic E-state index is 12.5. The zero-order chi connectivity index (χ0) is 19.8. The van der Waals surface area contributed by atoms with Gasteiger partial charge < -0.3 is 15.5 Å². The molecule has 29 heavy (non-hydrogen) atoms. The van der Waals surface area contributed by atoms with Crippen molar-refractivity contribution >= 4 is 47.2 Å². The van der Waals surface area contributed by atoms with Crippen LogP contribution >= 0.6 is 35.3 Å². The van der Waals surface area contributed by atoms with Crippen molar-refractivity contribution in [2.45, 2.75) is 45.7 Å². The predicted molar refractivity (Wildman–Crippen MR) is 132 cm³/mol. The summed E-state index contributed by atoms with van der Waals surface area (Å²) in [6, 6.07) is 12.8. The molecule has 2 N–H and O–H groups in total. The SMILES string of the molecule is CCc1ccc(CNC(=NC)NCCCC(=O)N2CCc3ccccc3C2)s1.I. The average molecular weight is 526 g/mol. The molecule has 1 aromatic heterocycles. The molecular weight excluding hydrogens is 495 g/mol. The van der Waals surface area contributed by atoms with Gasteiger partial charge in [-0.2, -0.15) is 0 Å². The molecule has 0 fully saturated rings. The molecule has 158 valence electrons. The zero-order valence-electron chi connectivity index (χ0n) is 17.2. The van der Waals surface area contributed by atoms with Gasteiger partial charge in [0.25, 0.3) is 0 Å². The van der Waals surface area contributed by atoms with Crippen molar-refractivity contribution in [3.63, 3.8) is 0 Å². The van der Waals surface area contributed by atoms with Crippen molar-refractivity contribution in [2.75, 3.05) is 20.1 Å². The highest BCUT2D eigenvalue weighted by atomic mass is 127. The second-order valence-corrected chi connectivity index (χ2v) is 8.26. The number of rotatable bonds is 7. The van der Waals surface area contributed by atoms with E-state index in [0.29, 0.717) is 6.42 Å². The normalized spacial score (nSPS) is 13.4. The van der Waals surface area contributed by atoms with Crippen LogP contribution in [0.2, 0.25) is 0 Å². The molecule has 0 aliphatic carbocycles. The first-order valence-electron chi connectivity index (χ1n) is 10.1. The quantitative estimate of drug-likeness (QED) is 0.249. The minimum atomic E-state index is 0. The van der Waals surface area contributed by atoms with Gasteiger partial charge in [-0.05, 0) is 42.5 Å². The second-order valence-electron chi connectivity index (χ2n) is 7.01. The van der Waals surface area contributed by atoms with Gasteiger partial charge in [0.15, 0.2) is 5.96 Å². The summed E-state index contributed by atoms with van der Waals surface area (Å²) in [4.78, 5) is 21.5. The molecule has 1 amide bonds. The maximum absolute atomic E-state index is 12.5. The van der Waals surface area contributed by atoms with Gasteiger partial charge >= 0.3 is 0 Å². The first-order chi connectivity index (χ1) is 13.7. The van der Waals surface area contributed by atoms with Crippen molar-refractivity contribution in [1.29, 1.82) is 0 Å². The minimum Gasteiger partial charge on any atom is -0.356 e. The van der Waals surface area contributed by atoms with Crippen LogP contribution < -0.4 is 10.6 Å². The fourth-order valence-electron chi connectivity index (χ4n) is 3.41. The molecule has 7 heteroatoms. The number of hydrogen-bond donors (Lipinski definition) is 2. The Hall–Kier alpha value is -1.61. The molecule has 2 aromatic rings. The van der Waals surface area contributed by atoms with Gasteiger partial charge in [-0.25, -0.2) is 0 Å². The number of guanidine groups is 1. The lowest BCUT2D eigenvalue weighted by Crippen LogP contribution is -2.38. The predicted octanol–water partition coefficient (Wildman–Crippen LogP) is 3.96. The number of nitrogens with zero attached hydrogens (tertiary/aromatic N) is 2. The van der Waals surface area contributed by atoms with E-state index >= 15 is 0 Å². The molecule has 0 atom stereocenters. The number of nitrogens with one attached hydrogen (secondary N) is 2. The van der Waals surface area contributed by atoms with E-state index in [4.69, 9.17) is 0 Å². The fraction of sp³-hybridized carbons (Fsp3) is 0.455. The molecule has 0 radical (unpaired) electrons. The Morgan fingerprint density at radius 1 is 1.14 bits per heavy atom. The van der Waals surface area contributed by atoms with Crippen LogP contribution in [0.5, 0.6) is 0 Å². The molecule has 1 aromatic carbocycles. The summed E-state index contributed by atoms with van der Waals surface area (Å²) in [5, 5.41) is 6.65. The number of thiophene rings is 1. The highest BCUT2D eigenvalue weighted by Gasteiger charge is 2.19. The first kappa shape index (κ1) is 23.7. The number of carbonyl (C=O) groups excluding carboxylic acids is 1. The maximum Gasteiger partial charge on any atom is 0.222 e. The number of benzene rings is 1. The third-order valence-corrected chi connectivity index (χ3v) is 6.29. The Labute approximate surface area is 195 Å². The van der Waals surface area contributed by atoms with Crippen molar-refractivity contribution in [2.24, 2.45) is 4.99 Å². The monoisotopic (exact) mass is 526 g/mol. The highest BCUT2D eigenvalue weighted by Crippen LogP contribution is 2.19. The lowest BCUT2D eigenvalue weighted by molar-refractivity contribution is -0.132. The van der Waals surface area contributed by atoms with Gasteiger partial charge in [0, 0.05) is 42.9 Å². The first-order valence-corrected chi connectivity index (χ1v) is 10.9. The van der Waals surface area contributed by atoms with E-state index in [1.807, 2.05) is 16.2 Å². The van der Waals surface area contributed by atoms with Gasteiger partial charge in [-0.3, -0.25) is 9.79 Å². The molecule has 3 rings (SSSR count). The lowest BCUT2D eigenvalue weighted by atomic mass is 9.99. The Morgan fingerprint density at radius 2 is 1.90 bits per heavy atom. The van der Waals surface area contributed by atoms with E-state index in [-0.39, 0.29) is 29.9 Å². The lowest BCUT2D eigenvalue weighted by Gasteiger charge is -2.29. The molecule has 2 heterocycles. The van der Waals surface area contributed by atoms with E-state index in [1.54, 1.807) is 7.05 Å². The number of amides is 1. The van der Waals surface area contributed by atoms with Crippen LogP contribution in [0.4, 0.5) is 0 Å². The number of hydrogen-bond acceptors (Lipinski definition) is 3. The van der Waals surface area contributed by atoms with E-state index in [0.717, 1.165) is 51.4 Å². The smallest absolute Gasteiger partial charge is 0.222 e. The number of fused-ring (bicyclic) bond motifs is 1. The van der Waals surface area contributed by atoms with Crippen LogP contribution in [0.25, 0.3) is 0 Å². The number of aryl methyl sites for hydroxylation is 1. The van der Waals surface area contributed by atoms with Crippen LogP contribution in [-0.4, -0.2) is 36.9 Å². The van der Waals surface area contributed by atoms with Gasteiger partial charge in [-0.15, -0.1) is 35.3 Å². The number of halogens is 1. The third kappa shape index (κ3) is 6.99. The van der Waals surface area contributed by atoms with E-state index in [1.165, 1.54) is 20.9 Å². The topological polar surface area (TPSA) is 56.7 Å². The Morgan fingerprint density at radius 3 is 2.62 bits per heavy atom. The molecule has 1 aliphatic rings. The van der Waals surface area contributed by atoms with Crippen LogP contribution in [0.15, 0.2) is 41.4 Å². The van der Waals surface area contributed by atoms with Crippen LogP contribution in [0.1, 0.15) is 40.6 Å². The van der Waals surface area contributed by atoms with Gasteiger partial charge in [-0.1, -0.05) is 31.2 Å². The molecular formula is C22H31IN4OS. The van der Waals surface area contributed by atoms with Crippen molar-refractivity contribution in [3.05, 3.63) is 57.3 Å². The van der Waals surface area contributed by atoms with Crippen molar-refractivity contribution < 1.29 is 4.79 Å². The van der Waals surface area contributed by atoms with Gasteiger partial charge in [0.05, 0.1) is 6.54 Å². The summed E-state index contributed by atoms with van der Waals surface area (Å²) in [7, 11) is 1.78. The largest absolute Gasteiger partial charge is 0.356 e. The van der Waals surface area contributed by atoms with Crippen LogP contribution in [0.3, 0.4) is 0 Å².